The molecule has 1 aromatic rings. The first kappa shape index (κ1) is 63.7. The summed E-state index contributed by atoms with van der Waals surface area (Å²) in [6.45, 7) is 1.71. The molecule has 2 heterocycles. The minimum absolute atomic E-state index is 0.0116. The van der Waals surface area contributed by atoms with Gasteiger partial charge in [0.15, 0.2) is 12.3 Å². The van der Waals surface area contributed by atoms with Crippen LogP contribution in [0.1, 0.15) is 155 Å². The number of anilines is 1. The van der Waals surface area contributed by atoms with Crippen molar-refractivity contribution >= 4 is 33.4 Å². The van der Waals surface area contributed by atoms with Gasteiger partial charge in [-0.25, -0.2) is 13.9 Å². The molecule has 9 N–H and O–H groups in total. The number of aromatic nitrogens is 2. The van der Waals surface area contributed by atoms with Crippen molar-refractivity contribution in [3.05, 3.63) is 71.4 Å². The number of hydrogen-bond donors (Lipinski definition) is 8. The average molecular weight is 1050 g/mol. The summed E-state index contributed by atoms with van der Waals surface area (Å²) in [4.78, 5) is 61.9. The number of carbonyl (C=O) groups excluding carboxylic acids is 2. The van der Waals surface area contributed by atoms with E-state index in [1.807, 2.05) is 0 Å². The Morgan fingerprint density at radius 1 is 0.732 bits per heavy atom. The summed E-state index contributed by atoms with van der Waals surface area (Å²) in [5, 5.41) is 51.5. The predicted octanol–water partition coefficient (Wildman–Crippen LogP) is 6.69. The summed E-state index contributed by atoms with van der Waals surface area (Å²) in [5.74, 6) is -1.64. The van der Waals surface area contributed by atoms with Gasteiger partial charge in [-0.1, -0.05) is 159 Å². The lowest BCUT2D eigenvalue weighted by atomic mass is 10.0. The Hall–Kier alpha value is -3.40. The fraction of sp³-hybridized carbons (Fsp3) is 0.708. The van der Waals surface area contributed by atoms with Gasteiger partial charge in [0.1, 0.15) is 30.7 Å². The van der Waals surface area contributed by atoms with Crippen molar-refractivity contribution in [1.82, 2.24) is 9.55 Å². The number of ether oxygens (including phenoxy) is 3. The molecule has 1 fully saturated rings. The molecule has 1 aromatic heterocycles. The second-order valence-corrected chi connectivity index (χ2v) is 20.6. The highest BCUT2D eigenvalue weighted by molar-refractivity contribution is 7.61. The minimum Gasteiger partial charge on any atom is -0.462 e. The van der Waals surface area contributed by atoms with Gasteiger partial charge in [-0.2, -0.15) is 9.29 Å². The maximum atomic E-state index is 12.8. The number of carbonyl (C=O) groups is 2. The number of phosphoric acid groups is 2. The van der Waals surface area contributed by atoms with E-state index in [-0.39, 0.29) is 31.5 Å². The number of aliphatic hydroxyl groups is 5. The molecule has 0 amide bonds. The summed E-state index contributed by atoms with van der Waals surface area (Å²) < 4.78 is 56.4. The second-order valence-electron chi connectivity index (χ2n) is 17.5. The number of phosphoric ester groups is 2. The van der Waals surface area contributed by atoms with Crippen molar-refractivity contribution in [2.75, 3.05) is 25.6 Å². The fourth-order valence-corrected chi connectivity index (χ4v) is 9.34. The number of rotatable bonds is 40. The molecule has 1 saturated heterocycles. The van der Waals surface area contributed by atoms with E-state index in [4.69, 9.17) is 29.0 Å². The van der Waals surface area contributed by atoms with E-state index in [1.165, 1.54) is 57.1 Å². The van der Waals surface area contributed by atoms with Crippen LogP contribution in [0.3, 0.4) is 0 Å². The molecule has 0 aliphatic carbocycles. The summed E-state index contributed by atoms with van der Waals surface area (Å²) in [6, 6.07) is 1.23. The van der Waals surface area contributed by atoms with E-state index in [0.29, 0.717) is 12.8 Å². The Morgan fingerprint density at radius 3 is 1.90 bits per heavy atom. The third kappa shape index (κ3) is 29.2. The van der Waals surface area contributed by atoms with E-state index in [9.17, 15) is 58.8 Å². The van der Waals surface area contributed by atoms with Crippen LogP contribution < -0.4 is 11.4 Å². The molecule has 21 nitrogen and oxygen atoms in total. The normalized spacial score (nSPS) is 20.9. The number of nitrogens with two attached hydrogens (primary N) is 1. The Bertz CT molecular complexity index is 1930. The molecule has 71 heavy (non-hydrogen) atoms. The maximum Gasteiger partial charge on any atom is 0.481 e. The van der Waals surface area contributed by atoms with E-state index in [2.05, 4.69) is 23.1 Å². The molecule has 1 aliphatic rings. The monoisotopic (exact) mass is 1050 g/mol. The zero-order valence-corrected chi connectivity index (χ0v) is 43.1. The van der Waals surface area contributed by atoms with E-state index < -0.39 is 102 Å². The maximum absolute atomic E-state index is 12.8. The van der Waals surface area contributed by atoms with Crippen LogP contribution >= 0.6 is 15.6 Å². The molecule has 2 rings (SSSR count). The van der Waals surface area contributed by atoms with Crippen LogP contribution in [0, 0.1) is 0 Å². The molecule has 0 aromatic carbocycles. The summed E-state index contributed by atoms with van der Waals surface area (Å²) in [7, 11) is -11.0. The van der Waals surface area contributed by atoms with Gasteiger partial charge in [0.25, 0.3) is 0 Å². The number of nitrogens with zero attached hydrogens (tertiary/aromatic N) is 2. The standard InChI is InChI=1S/C48H81N3O18P2/c1-3-5-7-8-9-10-11-12-13-14-15-20-24-30-44(56)67-38(34-64-43(55)31-25-29-40(54)39(53)28-23-19-17-16-18-22-27-37(52)26-21-6-4-2)35-65-70(60,61)69-71(62,63)66-36-41-45(57)46(58)47(68-41)51-33-32-42(49)50-48(51)59/h16-19,22-23,27-28,32-33,37-41,45-47,52-54,57-58H,3-15,20-21,24-26,29-31,34-36H2,1-2H3,(H,60,61)(H,62,63)(H2,49,50,59)/b18-16-,19-17+,27-22+,28-23+/t37-,38-,39-,40-,41-,45-,46-,47-/m1/s1. The van der Waals surface area contributed by atoms with Crippen molar-refractivity contribution in [3.8, 4) is 0 Å². The van der Waals surface area contributed by atoms with Crippen LogP contribution in [0.4, 0.5) is 5.82 Å². The first-order valence-electron chi connectivity index (χ1n) is 25.0. The molecule has 1 aliphatic heterocycles. The molecule has 23 heteroatoms. The van der Waals surface area contributed by atoms with Crippen LogP contribution in [-0.2, 0) is 46.3 Å². The second kappa shape index (κ2) is 36.5. The van der Waals surface area contributed by atoms with Crippen molar-refractivity contribution in [2.24, 2.45) is 0 Å². The van der Waals surface area contributed by atoms with Gasteiger partial charge in [0, 0.05) is 19.0 Å². The summed E-state index contributed by atoms with van der Waals surface area (Å²) in [6.07, 6.45) is 21.3. The van der Waals surface area contributed by atoms with Crippen LogP contribution in [0.5, 0.6) is 0 Å². The third-order valence-electron chi connectivity index (χ3n) is 11.3. The molecule has 0 radical (unpaired) electrons. The SMILES string of the molecule is CCCCCCCCCCCCCCCC(=O)O[C@H](COC(=O)CCC[C@@H](O)[C@H](O)/C=C/C=C/C=C\C=C\[C@H](O)CCCCC)COP(=O)(O)OP(=O)(O)OC[C@H]1O[C@@H](n2ccc(N)nc2=O)[C@H](O)[C@@H]1O. The Morgan fingerprint density at radius 2 is 1.28 bits per heavy atom. The van der Waals surface area contributed by atoms with Gasteiger partial charge in [-0.3, -0.25) is 23.2 Å². The van der Waals surface area contributed by atoms with Crippen molar-refractivity contribution < 1.29 is 81.6 Å². The van der Waals surface area contributed by atoms with Gasteiger partial charge in [0.2, 0.25) is 0 Å². The number of esters is 2. The molecule has 10 atom stereocenters. The highest BCUT2D eigenvalue weighted by atomic mass is 31.3. The minimum atomic E-state index is -5.50. The molecular weight excluding hydrogens is 968 g/mol. The lowest BCUT2D eigenvalue weighted by Crippen LogP contribution is -2.36. The summed E-state index contributed by atoms with van der Waals surface area (Å²) >= 11 is 0. The summed E-state index contributed by atoms with van der Waals surface area (Å²) in [5.41, 5.74) is 4.55. The number of aliphatic hydroxyl groups excluding tert-OH is 5. The first-order valence-corrected chi connectivity index (χ1v) is 28.0. The molecule has 0 bridgehead atoms. The molecule has 406 valence electrons. The van der Waals surface area contributed by atoms with E-state index in [1.54, 1.807) is 42.5 Å². The van der Waals surface area contributed by atoms with Gasteiger partial charge >= 0.3 is 33.3 Å². The van der Waals surface area contributed by atoms with Crippen LogP contribution in [0.15, 0.2) is 65.7 Å². The largest absolute Gasteiger partial charge is 0.481 e. The van der Waals surface area contributed by atoms with Gasteiger partial charge in [0.05, 0.1) is 31.5 Å². The van der Waals surface area contributed by atoms with Crippen molar-refractivity contribution in [2.45, 2.75) is 198 Å². The zero-order valence-electron chi connectivity index (χ0n) is 41.4. The topological polar surface area (TPSA) is 326 Å². The fourth-order valence-electron chi connectivity index (χ4n) is 7.23. The van der Waals surface area contributed by atoms with Crippen LogP contribution in [-0.4, -0.2) is 119 Å². The Balaban J connectivity index is 1.89. The van der Waals surface area contributed by atoms with Crippen LogP contribution in [0.25, 0.3) is 0 Å². The smallest absolute Gasteiger partial charge is 0.462 e. The zero-order chi connectivity index (χ0) is 52.5. The number of hydrogen-bond acceptors (Lipinski definition) is 18. The molecular formula is C48H81N3O18P2. The van der Waals surface area contributed by atoms with E-state index in [0.717, 1.165) is 62.1 Å². The Labute approximate surface area is 418 Å². The average Bonchev–Trinajstić information content (AvgIpc) is 3.59. The quantitative estimate of drug-likeness (QED) is 0.0147. The Kier molecular flexibility index (Phi) is 32.8. The van der Waals surface area contributed by atoms with Gasteiger partial charge in [-0.05, 0) is 31.7 Å². The number of allylic oxidation sites excluding steroid dienone is 6. The highest BCUT2D eigenvalue weighted by Gasteiger charge is 2.46. The lowest BCUT2D eigenvalue weighted by Gasteiger charge is -2.21. The number of unbranched alkanes of at least 4 members (excludes halogenated alkanes) is 14. The van der Waals surface area contributed by atoms with Gasteiger partial charge < -0.3 is 55.3 Å². The number of nitrogen functional groups attached to an aromatic ring is 1. The molecule has 0 spiro atoms. The van der Waals surface area contributed by atoms with Crippen molar-refractivity contribution in [3.63, 3.8) is 0 Å². The third-order valence-corrected chi connectivity index (χ3v) is 13.9. The highest BCUT2D eigenvalue weighted by Crippen LogP contribution is 2.60. The molecule has 2 unspecified atom stereocenters. The van der Waals surface area contributed by atoms with Gasteiger partial charge in [-0.15, -0.1) is 0 Å². The van der Waals surface area contributed by atoms with Crippen molar-refractivity contribution in [1.29, 1.82) is 0 Å². The van der Waals surface area contributed by atoms with Crippen LogP contribution in [0.2, 0.25) is 0 Å². The molecule has 0 saturated carbocycles. The lowest BCUT2D eigenvalue weighted by molar-refractivity contribution is -0.161. The predicted molar refractivity (Wildman–Crippen MR) is 265 cm³/mol. The van der Waals surface area contributed by atoms with E-state index >= 15 is 0 Å². The first-order chi connectivity index (χ1) is 33.9.